The van der Waals surface area contributed by atoms with Gasteiger partial charge in [-0.05, 0) is 31.7 Å². The molecule has 0 saturated heterocycles. The summed E-state index contributed by atoms with van der Waals surface area (Å²) in [4.78, 5) is 40.0. The number of hydrogen-bond donors (Lipinski definition) is 0. The van der Waals surface area contributed by atoms with E-state index in [0.29, 0.717) is 36.9 Å². The highest BCUT2D eigenvalue weighted by atomic mass is 32.2. The number of amides is 2. The summed E-state index contributed by atoms with van der Waals surface area (Å²) >= 11 is 1.51. The second-order valence-corrected chi connectivity index (χ2v) is 8.20. The van der Waals surface area contributed by atoms with Crippen molar-refractivity contribution in [2.75, 3.05) is 30.3 Å². The van der Waals surface area contributed by atoms with Crippen LogP contribution < -0.4 is 4.90 Å². The molecule has 1 saturated carbocycles. The van der Waals surface area contributed by atoms with Gasteiger partial charge in [0.25, 0.3) is 5.69 Å². The Kier molecular flexibility index (Phi) is 6.36. The molecule has 3 rings (SSSR count). The van der Waals surface area contributed by atoms with Crippen LogP contribution in [0.15, 0.2) is 23.1 Å². The SMILES string of the molecule is CCN(CC(=O)N1CCSc2cc([N+](=O)[O-])ccc21)C(=O)CC1CCCC1. The van der Waals surface area contributed by atoms with E-state index in [9.17, 15) is 19.7 Å². The first-order valence-electron chi connectivity index (χ1n) is 9.49. The summed E-state index contributed by atoms with van der Waals surface area (Å²) in [7, 11) is 0. The van der Waals surface area contributed by atoms with Crippen molar-refractivity contribution in [1.29, 1.82) is 0 Å². The van der Waals surface area contributed by atoms with E-state index in [1.165, 1.54) is 36.7 Å². The largest absolute Gasteiger partial charge is 0.334 e. The first kappa shape index (κ1) is 19.7. The highest BCUT2D eigenvalue weighted by Crippen LogP contribution is 2.37. The molecule has 1 aliphatic heterocycles. The van der Waals surface area contributed by atoms with Crippen molar-refractivity contribution in [2.45, 2.75) is 43.9 Å². The Labute approximate surface area is 163 Å². The van der Waals surface area contributed by atoms with E-state index < -0.39 is 4.92 Å². The van der Waals surface area contributed by atoms with Crippen LogP contribution in [0.2, 0.25) is 0 Å². The summed E-state index contributed by atoms with van der Waals surface area (Å²) in [6.07, 6.45) is 5.12. The van der Waals surface area contributed by atoms with Gasteiger partial charge in [-0.25, -0.2) is 0 Å². The van der Waals surface area contributed by atoms with Crippen molar-refractivity contribution in [3.05, 3.63) is 28.3 Å². The van der Waals surface area contributed by atoms with Crippen molar-refractivity contribution < 1.29 is 14.5 Å². The van der Waals surface area contributed by atoms with Crippen LogP contribution in [0.1, 0.15) is 39.0 Å². The number of nitro groups is 1. The van der Waals surface area contributed by atoms with Crippen LogP contribution in [0.25, 0.3) is 0 Å². The molecule has 8 heteroatoms. The van der Waals surface area contributed by atoms with E-state index >= 15 is 0 Å². The molecule has 7 nitrogen and oxygen atoms in total. The number of benzene rings is 1. The minimum atomic E-state index is -0.428. The van der Waals surface area contributed by atoms with Gasteiger partial charge in [-0.1, -0.05) is 12.8 Å². The van der Waals surface area contributed by atoms with Gasteiger partial charge in [-0.15, -0.1) is 11.8 Å². The van der Waals surface area contributed by atoms with Crippen molar-refractivity contribution >= 4 is 35.0 Å². The zero-order chi connectivity index (χ0) is 19.4. The Morgan fingerprint density at radius 2 is 2.07 bits per heavy atom. The van der Waals surface area contributed by atoms with E-state index in [1.54, 1.807) is 15.9 Å². The maximum Gasteiger partial charge on any atom is 0.270 e. The summed E-state index contributed by atoms with van der Waals surface area (Å²) in [5.74, 6) is 1.05. The van der Waals surface area contributed by atoms with E-state index in [4.69, 9.17) is 0 Å². The minimum Gasteiger partial charge on any atom is -0.334 e. The Morgan fingerprint density at radius 3 is 2.74 bits per heavy atom. The standard InChI is InChI=1S/C19H25N3O4S/c1-2-20(18(23)11-14-5-3-4-6-14)13-19(24)21-9-10-27-17-12-15(22(25)26)7-8-16(17)21/h7-8,12,14H,2-6,9-11,13H2,1H3. The smallest absolute Gasteiger partial charge is 0.270 e. The van der Waals surface area contributed by atoms with Gasteiger partial charge in [0.2, 0.25) is 11.8 Å². The number of non-ortho nitro benzene ring substituents is 1. The first-order valence-corrected chi connectivity index (χ1v) is 10.5. The Bertz CT molecular complexity index is 734. The van der Waals surface area contributed by atoms with Crippen LogP contribution in [0.5, 0.6) is 0 Å². The van der Waals surface area contributed by atoms with Crippen LogP contribution in [-0.4, -0.2) is 47.0 Å². The lowest BCUT2D eigenvalue weighted by Crippen LogP contribution is -2.45. The Morgan fingerprint density at radius 1 is 1.33 bits per heavy atom. The third-order valence-electron chi connectivity index (χ3n) is 5.32. The van der Waals surface area contributed by atoms with Crippen molar-refractivity contribution in [2.24, 2.45) is 5.92 Å². The fourth-order valence-corrected chi connectivity index (χ4v) is 4.82. The number of rotatable bonds is 6. The first-order chi connectivity index (χ1) is 13.0. The molecule has 0 N–H and O–H groups in total. The number of fused-ring (bicyclic) bond motifs is 1. The van der Waals surface area contributed by atoms with Gasteiger partial charge in [0, 0.05) is 42.3 Å². The lowest BCUT2D eigenvalue weighted by molar-refractivity contribution is -0.385. The highest BCUT2D eigenvalue weighted by Gasteiger charge is 2.28. The Balaban J connectivity index is 1.68. The van der Waals surface area contributed by atoms with Gasteiger partial charge in [-0.2, -0.15) is 0 Å². The normalized spacial score (nSPS) is 16.9. The molecule has 1 aromatic rings. The van der Waals surface area contributed by atoms with Gasteiger partial charge < -0.3 is 9.80 Å². The van der Waals surface area contributed by atoms with Crippen molar-refractivity contribution in [1.82, 2.24) is 4.90 Å². The van der Waals surface area contributed by atoms with E-state index in [2.05, 4.69) is 0 Å². The number of hydrogen-bond acceptors (Lipinski definition) is 5. The van der Waals surface area contributed by atoms with Crippen LogP contribution in [0.3, 0.4) is 0 Å². The molecule has 0 atom stereocenters. The second-order valence-electron chi connectivity index (χ2n) is 7.07. The highest BCUT2D eigenvalue weighted by molar-refractivity contribution is 7.99. The molecule has 1 aromatic carbocycles. The number of carbonyl (C=O) groups is 2. The summed E-state index contributed by atoms with van der Waals surface area (Å²) in [5, 5.41) is 11.0. The third-order valence-corrected chi connectivity index (χ3v) is 6.34. The monoisotopic (exact) mass is 391 g/mol. The molecule has 0 spiro atoms. The Hall–Kier alpha value is -2.09. The number of nitrogens with zero attached hydrogens (tertiary/aromatic N) is 3. The van der Waals surface area contributed by atoms with Crippen LogP contribution in [0.4, 0.5) is 11.4 Å². The molecule has 2 amide bonds. The van der Waals surface area contributed by atoms with Crippen LogP contribution >= 0.6 is 11.8 Å². The predicted octanol–water partition coefficient (Wildman–Crippen LogP) is 3.46. The topological polar surface area (TPSA) is 83.8 Å². The average Bonchev–Trinajstić information content (AvgIpc) is 3.17. The predicted molar refractivity (Wildman–Crippen MR) is 105 cm³/mol. The van der Waals surface area contributed by atoms with E-state index in [0.717, 1.165) is 17.7 Å². The van der Waals surface area contributed by atoms with E-state index in [1.807, 2.05) is 6.92 Å². The fourth-order valence-electron chi connectivity index (χ4n) is 3.80. The number of anilines is 1. The average molecular weight is 391 g/mol. The maximum absolute atomic E-state index is 12.9. The lowest BCUT2D eigenvalue weighted by atomic mass is 10.0. The molecule has 146 valence electrons. The van der Waals surface area contributed by atoms with Crippen molar-refractivity contribution in [3.63, 3.8) is 0 Å². The van der Waals surface area contributed by atoms with Gasteiger partial charge in [0.15, 0.2) is 0 Å². The lowest BCUT2D eigenvalue weighted by Gasteiger charge is -2.31. The summed E-state index contributed by atoms with van der Waals surface area (Å²) < 4.78 is 0. The molecule has 0 bridgehead atoms. The molecular weight excluding hydrogens is 366 g/mol. The summed E-state index contributed by atoms with van der Waals surface area (Å²) in [6.45, 7) is 3.00. The number of likely N-dealkylation sites (N-methyl/N-ethyl adjacent to an activating group) is 1. The number of thioether (sulfide) groups is 1. The third kappa shape index (κ3) is 4.61. The quantitative estimate of drug-likeness (QED) is 0.548. The zero-order valence-electron chi connectivity index (χ0n) is 15.6. The molecule has 0 unspecified atom stereocenters. The molecule has 1 heterocycles. The molecular formula is C19H25N3O4S. The molecule has 1 aliphatic carbocycles. The van der Waals surface area contributed by atoms with Gasteiger partial charge in [0.1, 0.15) is 6.54 Å². The van der Waals surface area contributed by atoms with Crippen LogP contribution in [0, 0.1) is 16.0 Å². The van der Waals surface area contributed by atoms with E-state index in [-0.39, 0.29) is 24.0 Å². The zero-order valence-corrected chi connectivity index (χ0v) is 16.4. The van der Waals surface area contributed by atoms with Crippen molar-refractivity contribution in [3.8, 4) is 0 Å². The molecule has 27 heavy (non-hydrogen) atoms. The van der Waals surface area contributed by atoms with Gasteiger partial charge >= 0.3 is 0 Å². The number of carbonyl (C=O) groups excluding carboxylic acids is 2. The molecule has 0 aromatic heterocycles. The number of nitro benzene ring substituents is 1. The molecule has 2 aliphatic rings. The minimum absolute atomic E-state index is 0.0254. The van der Waals surface area contributed by atoms with Gasteiger partial charge in [-0.3, -0.25) is 19.7 Å². The van der Waals surface area contributed by atoms with Crippen LogP contribution in [-0.2, 0) is 9.59 Å². The molecule has 0 radical (unpaired) electrons. The fraction of sp³-hybridized carbons (Fsp3) is 0.579. The van der Waals surface area contributed by atoms with Gasteiger partial charge in [0.05, 0.1) is 10.6 Å². The molecule has 1 fully saturated rings. The summed E-state index contributed by atoms with van der Waals surface area (Å²) in [6, 6.07) is 4.57. The second kappa shape index (κ2) is 8.73. The maximum atomic E-state index is 12.9. The summed E-state index contributed by atoms with van der Waals surface area (Å²) in [5.41, 5.74) is 0.721.